The molecule has 2 N–H and O–H groups in total. The van der Waals surface area contributed by atoms with Gasteiger partial charge in [0, 0.05) is 6.04 Å². The summed E-state index contributed by atoms with van der Waals surface area (Å²) in [5.74, 6) is 0. The zero-order valence-corrected chi connectivity index (χ0v) is 10.4. The molecule has 0 amide bonds. The van der Waals surface area contributed by atoms with Crippen LogP contribution in [-0.2, 0) is 16.3 Å². The average Bonchev–Trinajstić information content (AvgIpc) is 2.41. The van der Waals surface area contributed by atoms with Crippen LogP contribution in [0.2, 0.25) is 0 Å². The van der Waals surface area contributed by atoms with Crippen molar-refractivity contribution < 1.29 is 8.42 Å². The zero-order valence-electron chi connectivity index (χ0n) is 9.60. The molecule has 1 aromatic carbocycles. The quantitative estimate of drug-likeness (QED) is 0.849. The molecule has 0 spiro atoms. The first-order valence-electron chi connectivity index (χ1n) is 5.51. The maximum Gasteiger partial charge on any atom is 0.181 e. The summed E-state index contributed by atoms with van der Waals surface area (Å²) in [6, 6.07) is 5.40. The lowest BCUT2D eigenvalue weighted by Gasteiger charge is -2.11. The standard InChI is InChI=1S/C12H17NO2S/c1-8-4-3-5-12-11(8)7-10(6-9(2)13)16(12,14)15/h3-5,9-10H,6-7,13H2,1-2H3. The van der Waals surface area contributed by atoms with Crippen LogP contribution >= 0.6 is 0 Å². The Morgan fingerprint density at radius 3 is 2.75 bits per heavy atom. The number of sulfone groups is 1. The lowest BCUT2D eigenvalue weighted by molar-refractivity contribution is 0.563. The number of benzene rings is 1. The Bertz CT molecular complexity index is 506. The highest BCUT2D eigenvalue weighted by Crippen LogP contribution is 2.34. The minimum atomic E-state index is -3.14. The van der Waals surface area contributed by atoms with Gasteiger partial charge in [0.15, 0.2) is 9.84 Å². The molecule has 1 aromatic rings. The van der Waals surface area contributed by atoms with Crippen molar-refractivity contribution in [3.8, 4) is 0 Å². The Morgan fingerprint density at radius 1 is 1.50 bits per heavy atom. The topological polar surface area (TPSA) is 60.2 Å². The fraction of sp³-hybridized carbons (Fsp3) is 0.500. The van der Waals surface area contributed by atoms with E-state index in [1.165, 1.54) is 0 Å². The van der Waals surface area contributed by atoms with Crippen molar-refractivity contribution in [3.63, 3.8) is 0 Å². The minimum Gasteiger partial charge on any atom is -0.328 e. The first kappa shape index (κ1) is 11.6. The first-order valence-corrected chi connectivity index (χ1v) is 7.05. The second-order valence-corrected chi connectivity index (χ2v) is 6.83. The maximum atomic E-state index is 12.2. The van der Waals surface area contributed by atoms with Crippen LogP contribution in [0.3, 0.4) is 0 Å². The van der Waals surface area contributed by atoms with Crippen LogP contribution in [0.5, 0.6) is 0 Å². The number of hydrogen-bond acceptors (Lipinski definition) is 3. The summed E-state index contributed by atoms with van der Waals surface area (Å²) < 4.78 is 24.4. The van der Waals surface area contributed by atoms with Gasteiger partial charge in [-0.25, -0.2) is 8.42 Å². The Hall–Kier alpha value is -0.870. The number of nitrogens with two attached hydrogens (primary N) is 1. The number of hydrogen-bond donors (Lipinski definition) is 1. The predicted octanol–water partition coefficient (Wildman–Crippen LogP) is 1.43. The molecule has 1 aliphatic heterocycles. The Balaban J connectivity index is 2.46. The van der Waals surface area contributed by atoms with Crippen molar-refractivity contribution in [1.29, 1.82) is 0 Å². The summed E-state index contributed by atoms with van der Waals surface area (Å²) >= 11 is 0. The molecule has 2 unspecified atom stereocenters. The van der Waals surface area contributed by atoms with E-state index < -0.39 is 9.84 Å². The fourth-order valence-corrected chi connectivity index (χ4v) is 4.50. The molecule has 1 aliphatic rings. The number of fused-ring (bicyclic) bond motifs is 1. The second kappa shape index (κ2) is 3.86. The molecule has 0 saturated heterocycles. The van der Waals surface area contributed by atoms with E-state index >= 15 is 0 Å². The van der Waals surface area contributed by atoms with E-state index in [1.54, 1.807) is 12.1 Å². The van der Waals surface area contributed by atoms with E-state index in [0.29, 0.717) is 17.7 Å². The second-order valence-electron chi connectivity index (χ2n) is 4.64. The van der Waals surface area contributed by atoms with Gasteiger partial charge in [-0.15, -0.1) is 0 Å². The van der Waals surface area contributed by atoms with E-state index in [9.17, 15) is 8.42 Å². The maximum absolute atomic E-state index is 12.2. The van der Waals surface area contributed by atoms with Gasteiger partial charge < -0.3 is 5.73 Å². The molecule has 4 heteroatoms. The zero-order chi connectivity index (χ0) is 11.9. The normalized spacial score (nSPS) is 24.1. The van der Waals surface area contributed by atoms with E-state index in [-0.39, 0.29) is 11.3 Å². The molecule has 0 saturated carbocycles. The van der Waals surface area contributed by atoms with Crippen molar-refractivity contribution >= 4 is 9.84 Å². The van der Waals surface area contributed by atoms with Crippen LogP contribution in [0.4, 0.5) is 0 Å². The number of aryl methyl sites for hydroxylation is 1. The van der Waals surface area contributed by atoms with E-state index in [1.807, 2.05) is 19.9 Å². The SMILES string of the molecule is Cc1cccc2c1CC(CC(C)N)S2(=O)=O. The van der Waals surface area contributed by atoms with Gasteiger partial charge in [0.2, 0.25) is 0 Å². The third-order valence-corrected chi connectivity index (χ3v) is 5.41. The molecular weight excluding hydrogens is 222 g/mol. The molecule has 1 heterocycles. The van der Waals surface area contributed by atoms with Gasteiger partial charge in [0.25, 0.3) is 0 Å². The molecule has 3 nitrogen and oxygen atoms in total. The van der Waals surface area contributed by atoms with Gasteiger partial charge in [0.1, 0.15) is 0 Å². The van der Waals surface area contributed by atoms with Crippen LogP contribution in [-0.4, -0.2) is 19.7 Å². The number of rotatable bonds is 2. The van der Waals surface area contributed by atoms with Crippen molar-refractivity contribution in [3.05, 3.63) is 29.3 Å². The molecule has 88 valence electrons. The van der Waals surface area contributed by atoms with E-state index in [2.05, 4.69) is 0 Å². The van der Waals surface area contributed by atoms with Crippen LogP contribution < -0.4 is 5.73 Å². The van der Waals surface area contributed by atoms with Crippen LogP contribution in [0, 0.1) is 6.92 Å². The Labute approximate surface area is 96.6 Å². The summed E-state index contributed by atoms with van der Waals surface area (Å²) in [5, 5.41) is -0.330. The van der Waals surface area contributed by atoms with Gasteiger partial charge in [0.05, 0.1) is 10.1 Å². The van der Waals surface area contributed by atoms with Crippen LogP contribution in [0.1, 0.15) is 24.5 Å². The monoisotopic (exact) mass is 239 g/mol. The molecule has 0 fully saturated rings. The van der Waals surface area contributed by atoms with Gasteiger partial charge in [-0.1, -0.05) is 12.1 Å². The van der Waals surface area contributed by atoms with Crippen molar-refractivity contribution in [2.24, 2.45) is 5.73 Å². The van der Waals surface area contributed by atoms with Crippen molar-refractivity contribution in [2.75, 3.05) is 0 Å². The van der Waals surface area contributed by atoms with Crippen LogP contribution in [0.25, 0.3) is 0 Å². The summed E-state index contributed by atoms with van der Waals surface area (Å²) in [5.41, 5.74) is 7.74. The average molecular weight is 239 g/mol. The Kier molecular flexibility index (Phi) is 2.80. The lowest BCUT2D eigenvalue weighted by Crippen LogP contribution is -2.27. The summed E-state index contributed by atoms with van der Waals surface area (Å²) in [7, 11) is -3.14. The van der Waals surface area contributed by atoms with E-state index in [0.717, 1.165) is 11.1 Å². The van der Waals surface area contributed by atoms with Gasteiger partial charge in [-0.3, -0.25) is 0 Å². The first-order chi connectivity index (χ1) is 7.43. The molecule has 0 aliphatic carbocycles. The summed E-state index contributed by atoms with van der Waals surface area (Å²) in [6.45, 7) is 3.81. The molecule has 16 heavy (non-hydrogen) atoms. The third-order valence-electron chi connectivity index (χ3n) is 3.18. The molecule has 0 bridgehead atoms. The molecule has 2 rings (SSSR count). The third kappa shape index (κ3) is 1.76. The Morgan fingerprint density at radius 2 is 2.19 bits per heavy atom. The largest absolute Gasteiger partial charge is 0.328 e. The minimum absolute atomic E-state index is 0.0746. The van der Waals surface area contributed by atoms with Gasteiger partial charge >= 0.3 is 0 Å². The fourth-order valence-electron chi connectivity index (χ4n) is 2.35. The highest BCUT2D eigenvalue weighted by atomic mass is 32.2. The van der Waals surface area contributed by atoms with Crippen molar-refractivity contribution in [1.82, 2.24) is 0 Å². The highest BCUT2D eigenvalue weighted by Gasteiger charge is 2.37. The van der Waals surface area contributed by atoms with Crippen LogP contribution in [0.15, 0.2) is 23.1 Å². The molecule has 2 atom stereocenters. The smallest absolute Gasteiger partial charge is 0.181 e. The lowest BCUT2D eigenvalue weighted by atomic mass is 10.0. The summed E-state index contributed by atoms with van der Waals surface area (Å²) in [6.07, 6.45) is 1.16. The summed E-state index contributed by atoms with van der Waals surface area (Å²) in [4.78, 5) is 0.512. The predicted molar refractivity (Wildman–Crippen MR) is 64.1 cm³/mol. The molecule has 0 aromatic heterocycles. The van der Waals surface area contributed by atoms with Gasteiger partial charge in [-0.05, 0) is 43.9 Å². The molecular formula is C12H17NO2S. The van der Waals surface area contributed by atoms with Crippen molar-refractivity contribution in [2.45, 2.75) is 42.9 Å². The van der Waals surface area contributed by atoms with E-state index in [4.69, 9.17) is 5.73 Å². The van der Waals surface area contributed by atoms with Gasteiger partial charge in [-0.2, -0.15) is 0 Å². The molecule has 0 radical (unpaired) electrons. The highest BCUT2D eigenvalue weighted by molar-refractivity contribution is 7.92.